The molecule has 0 radical (unpaired) electrons. The Morgan fingerprint density at radius 2 is 1.78 bits per heavy atom. The zero-order chi connectivity index (χ0) is 20.6. The first kappa shape index (κ1) is 15.6. The monoisotopic (exact) mass is 358 g/mol. The van der Waals surface area contributed by atoms with Gasteiger partial charge in [-0.2, -0.15) is 0 Å². The van der Waals surface area contributed by atoms with Gasteiger partial charge in [-0.25, -0.2) is 4.57 Å². The van der Waals surface area contributed by atoms with Crippen LogP contribution in [0.4, 0.5) is 0 Å². The van der Waals surface area contributed by atoms with Crippen molar-refractivity contribution in [3.05, 3.63) is 78.0 Å². The summed E-state index contributed by atoms with van der Waals surface area (Å²) in [5.74, 6) is 0.769. The molecule has 0 amide bonds. The van der Waals surface area contributed by atoms with Gasteiger partial charge in [0.1, 0.15) is 7.05 Å². The van der Waals surface area contributed by atoms with Gasteiger partial charge in [-0.05, 0) is 66.3 Å². The Balaban J connectivity index is 1.65. The number of rotatable bonds is 4. The third kappa shape index (κ3) is 3.98. The molecular formula is C26H30N+. The smallest absolute Gasteiger partial charge is 0.201 e. The largest absolute Gasteiger partial charge is 0.213 e. The summed E-state index contributed by atoms with van der Waals surface area (Å²) in [5.41, 5.74) is 6.76. The van der Waals surface area contributed by atoms with Crippen LogP contribution in [-0.2, 0) is 13.4 Å². The zero-order valence-corrected chi connectivity index (χ0v) is 16.6. The van der Waals surface area contributed by atoms with E-state index in [0.29, 0.717) is 5.92 Å². The van der Waals surface area contributed by atoms with Crippen LogP contribution in [0.2, 0.25) is 0 Å². The number of aryl methyl sites for hydroxylation is 2. The summed E-state index contributed by atoms with van der Waals surface area (Å²) in [4.78, 5) is 0. The fraction of sp³-hybridized carbons (Fsp3) is 0.346. The van der Waals surface area contributed by atoms with Gasteiger partial charge in [-0.3, -0.25) is 0 Å². The lowest BCUT2D eigenvalue weighted by atomic mass is 9.95. The molecule has 138 valence electrons. The van der Waals surface area contributed by atoms with E-state index in [-0.39, 0.29) is 5.92 Å². The average molecular weight is 359 g/mol. The van der Waals surface area contributed by atoms with Crippen LogP contribution in [0.1, 0.15) is 40.1 Å². The van der Waals surface area contributed by atoms with Crippen LogP contribution < -0.4 is 4.57 Å². The first-order valence-electron chi connectivity index (χ1n) is 11.0. The van der Waals surface area contributed by atoms with E-state index in [1.807, 2.05) is 12.1 Å². The van der Waals surface area contributed by atoms with E-state index >= 15 is 0 Å². The van der Waals surface area contributed by atoms with Crippen molar-refractivity contribution in [1.29, 1.82) is 0 Å². The third-order valence-corrected chi connectivity index (χ3v) is 5.85. The molecule has 1 aliphatic rings. The molecular weight excluding hydrogens is 326 g/mol. The summed E-state index contributed by atoms with van der Waals surface area (Å²) < 4.78 is 19.5. The maximum absolute atomic E-state index is 8.69. The highest BCUT2D eigenvalue weighted by Crippen LogP contribution is 2.33. The van der Waals surface area contributed by atoms with E-state index in [0.717, 1.165) is 36.0 Å². The molecule has 1 aromatic heterocycles. The minimum absolute atomic E-state index is 0.131. The van der Waals surface area contributed by atoms with Crippen molar-refractivity contribution >= 4 is 0 Å². The lowest BCUT2D eigenvalue weighted by Crippen LogP contribution is -2.30. The van der Waals surface area contributed by atoms with Crippen molar-refractivity contribution in [3.8, 4) is 22.4 Å². The van der Waals surface area contributed by atoms with Crippen molar-refractivity contribution in [3.63, 3.8) is 0 Å². The Labute approximate surface area is 166 Å². The van der Waals surface area contributed by atoms with Crippen molar-refractivity contribution in [2.24, 2.45) is 18.9 Å². The molecule has 2 aromatic carbocycles. The quantitative estimate of drug-likeness (QED) is 0.494. The fourth-order valence-corrected chi connectivity index (χ4v) is 4.21. The van der Waals surface area contributed by atoms with Gasteiger partial charge in [0.15, 0.2) is 6.20 Å². The standard InChI is InChI=1S/C26H30N/c1-19-8-9-22(16-19)17-21-10-12-23(13-11-21)24-14-15-27(3)26(18-24)25-7-5-4-6-20(25)2/h4-7,10-15,18-19,22H,8-9,16-17H2,1-3H3/q+1/i17D2. The molecule has 0 spiro atoms. The van der Waals surface area contributed by atoms with E-state index in [1.54, 1.807) is 0 Å². The second-order valence-corrected chi connectivity index (χ2v) is 8.06. The van der Waals surface area contributed by atoms with E-state index in [1.165, 1.54) is 16.8 Å². The summed E-state index contributed by atoms with van der Waals surface area (Å²) in [6, 6.07) is 20.9. The highest BCUT2D eigenvalue weighted by Gasteiger charge is 2.21. The minimum atomic E-state index is -1.25. The van der Waals surface area contributed by atoms with Crippen LogP contribution in [0.5, 0.6) is 0 Å². The zero-order valence-electron chi connectivity index (χ0n) is 18.6. The number of aromatic nitrogens is 1. The molecule has 0 N–H and O–H groups in total. The molecule has 2 unspecified atom stereocenters. The van der Waals surface area contributed by atoms with Crippen LogP contribution in [0.3, 0.4) is 0 Å². The van der Waals surface area contributed by atoms with Crippen molar-refractivity contribution in [2.45, 2.75) is 39.5 Å². The number of pyridine rings is 1. The summed E-state index contributed by atoms with van der Waals surface area (Å²) >= 11 is 0. The number of hydrogen-bond donors (Lipinski definition) is 0. The molecule has 1 aliphatic carbocycles. The molecule has 1 saturated carbocycles. The average Bonchev–Trinajstić information content (AvgIpc) is 3.16. The molecule has 0 bridgehead atoms. The Morgan fingerprint density at radius 3 is 2.48 bits per heavy atom. The molecule has 1 nitrogen and oxygen atoms in total. The SMILES string of the molecule is [2H]C([2H])(c1ccc(-c2cc[n+](C)c(-c3ccccc3C)c2)cc1)C1CCC(C)C1. The summed E-state index contributed by atoms with van der Waals surface area (Å²) in [7, 11) is 2.08. The molecule has 4 rings (SSSR count). The van der Waals surface area contributed by atoms with Gasteiger partial charge >= 0.3 is 0 Å². The Morgan fingerprint density at radius 1 is 1.00 bits per heavy atom. The minimum Gasteiger partial charge on any atom is -0.201 e. The predicted molar refractivity (Wildman–Crippen MR) is 113 cm³/mol. The number of hydrogen-bond acceptors (Lipinski definition) is 0. The highest BCUT2D eigenvalue weighted by molar-refractivity contribution is 5.70. The Hall–Kier alpha value is -2.41. The van der Waals surface area contributed by atoms with Gasteiger partial charge < -0.3 is 0 Å². The van der Waals surface area contributed by atoms with Gasteiger partial charge in [0.25, 0.3) is 0 Å². The summed E-state index contributed by atoms with van der Waals surface area (Å²) in [6.45, 7) is 4.38. The van der Waals surface area contributed by atoms with E-state index in [2.05, 4.69) is 80.2 Å². The first-order valence-corrected chi connectivity index (χ1v) is 10.0. The summed E-state index contributed by atoms with van der Waals surface area (Å²) in [5, 5.41) is 0. The van der Waals surface area contributed by atoms with Gasteiger partial charge in [-0.1, -0.05) is 55.8 Å². The van der Waals surface area contributed by atoms with E-state index < -0.39 is 6.37 Å². The lowest BCUT2D eigenvalue weighted by molar-refractivity contribution is -0.660. The Kier molecular flexibility index (Phi) is 4.45. The molecule has 1 heterocycles. The molecule has 0 aliphatic heterocycles. The van der Waals surface area contributed by atoms with Gasteiger partial charge in [0.05, 0.1) is 0 Å². The summed E-state index contributed by atoms with van der Waals surface area (Å²) in [6.07, 6.45) is 3.97. The maximum Gasteiger partial charge on any atom is 0.213 e. The van der Waals surface area contributed by atoms with Crippen LogP contribution in [0.15, 0.2) is 66.9 Å². The van der Waals surface area contributed by atoms with Crippen LogP contribution in [0, 0.1) is 18.8 Å². The second-order valence-electron chi connectivity index (χ2n) is 8.06. The van der Waals surface area contributed by atoms with Gasteiger partial charge in [0, 0.05) is 20.4 Å². The lowest BCUT2D eigenvalue weighted by Gasteiger charge is -2.11. The van der Waals surface area contributed by atoms with Gasteiger partial charge in [-0.15, -0.1) is 0 Å². The molecule has 0 saturated heterocycles. The number of benzene rings is 2. The third-order valence-electron chi connectivity index (χ3n) is 5.85. The molecule has 3 aromatic rings. The molecule has 2 atom stereocenters. The van der Waals surface area contributed by atoms with Gasteiger partial charge in [0.2, 0.25) is 5.69 Å². The van der Waals surface area contributed by atoms with E-state index in [9.17, 15) is 0 Å². The van der Waals surface area contributed by atoms with Crippen LogP contribution in [0.25, 0.3) is 22.4 Å². The molecule has 1 heteroatoms. The Bertz CT molecular complexity index is 1010. The normalized spacial score (nSPS) is 21.0. The van der Waals surface area contributed by atoms with Crippen molar-refractivity contribution in [2.75, 3.05) is 0 Å². The van der Waals surface area contributed by atoms with Crippen molar-refractivity contribution in [1.82, 2.24) is 0 Å². The van der Waals surface area contributed by atoms with Crippen molar-refractivity contribution < 1.29 is 7.31 Å². The first-order chi connectivity index (χ1) is 13.9. The fourth-order valence-electron chi connectivity index (χ4n) is 4.21. The number of nitrogens with zero attached hydrogens (tertiary/aromatic N) is 1. The molecule has 1 fully saturated rings. The van der Waals surface area contributed by atoms with Crippen LogP contribution >= 0.6 is 0 Å². The van der Waals surface area contributed by atoms with E-state index in [4.69, 9.17) is 2.74 Å². The topological polar surface area (TPSA) is 3.88 Å². The molecule has 27 heavy (non-hydrogen) atoms. The predicted octanol–water partition coefficient (Wildman–Crippen LogP) is 6.13. The maximum atomic E-state index is 8.69. The highest BCUT2D eigenvalue weighted by atomic mass is 14.9. The van der Waals surface area contributed by atoms with Crippen LogP contribution in [-0.4, -0.2) is 0 Å². The second kappa shape index (κ2) is 7.68.